The highest BCUT2D eigenvalue weighted by Crippen LogP contribution is 2.30. The topological polar surface area (TPSA) is 98.0 Å². The third-order valence-electron chi connectivity index (χ3n) is 3.24. The number of nitrogens with zero attached hydrogens (tertiary/aromatic N) is 2. The van der Waals surface area contributed by atoms with E-state index in [1.54, 1.807) is 30.3 Å². The van der Waals surface area contributed by atoms with Crippen LogP contribution in [0, 0.1) is 0 Å². The molecule has 0 fully saturated rings. The summed E-state index contributed by atoms with van der Waals surface area (Å²) in [6.45, 7) is 0.0615. The smallest absolute Gasteiger partial charge is 0.250 e. The van der Waals surface area contributed by atoms with Gasteiger partial charge in [0.1, 0.15) is 4.21 Å². The molecule has 0 atom stereocenters. The van der Waals surface area contributed by atoms with Gasteiger partial charge in [-0.25, -0.2) is 23.1 Å². The molecule has 2 heterocycles. The van der Waals surface area contributed by atoms with E-state index in [1.807, 2.05) is 0 Å². The summed E-state index contributed by atoms with van der Waals surface area (Å²) in [5.74, 6) is 0.130. The van der Waals surface area contributed by atoms with Crippen LogP contribution in [0.3, 0.4) is 0 Å². The van der Waals surface area contributed by atoms with Gasteiger partial charge in [-0.2, -0.15) is 0 Å². The van der Waals surface area contributed by atoms with Crippen molar-refractivity contribution in [3.63, 3.8) is 0 Å². The number of aromatic nitrogens is 2. The molecule has 6 nitrogen and oxygen atoms in total. The second-order valence-corrected chi connectivity index (χ2v) is 8.90. The zero-order valence-corrected chi connectivity index (χ0v) is 15.8. The minimum atomic E-state index is -3.68. The van der Waals surface area contributed by atoms with Crippen molar-refractivity contribution in [2.75, 3.05) is 5.73 Å². The number of nitrogens with one attached hydrogen (secondary N) is 1. The number of benzene rings is 1. The van der Waals surface area contributed by atoms with Crippen molar-refractivity contribution in [2.24, 2.45) is 0 Å². The lowest BCUT2D eigenvalue weighted by molar-refractivity contribution is 0.583. The van der Waals surface area contributed by atoms with Crippen molar-refractivity contribution in [3.05, 3.63) is 58.2 Å². The van der Waals surface area contributed by atoms with Crippen molar-refractivity contribution in [1.29, 1.82) is 0 Å². The van der Waals surface area contributed by atoms with Gasteiger partial charge in [0.25, 0.3) is 0 Å². The first-order chi connectivity index (χ1) is 11.8. The second-order valence-electron chi connectivity index (χ2n) is 4.98. The molecular weight excluding hydrogens is 403 g/mol. The van der Waals surface area contributed by atoms with E-state index in [0.717, 1.165) is 11.3 Å². The fourth-order valence-corrected chi connectivity index (χ4v) is 4.82. The van der Waals surface area contributed by atoms with Crippen LogP contribution in [0.15, 0.2) is 46.8 Å². The highest BCUT2D eigenvalue weighted by molar-refractivity contribution is 7.91. The molecule has 0 saturated carbocycles. The standard InChI is InChI=1S/C15H12Cl2N4O2S2/c16-10-2-1-9(11(17)7-10)8-20-25(22,23)14-4-3-13(24-14)12-5-6-19-15(18)21-12/h1-7,20H,8H2,(H2,18,19,21). The van der Waals surface area contributed by atoms with E-state index in [9.17, 15) is 8.42 Å². The number of halogens is 2. The van der Waals surface area contributed by atoms with Gasteiger partial charge in [0.05, 0.1) is 10.6 Å². The van der Waals surface area contributed by atoms with Gasteiger partial charge in [0, 0.05) is 22.8 Å². The third kappa shape index (κ3) is 4.28. The Labute approximate surface area is 158 Å². The molecule has 0 spiro atoms. The summed E-state index contributed by atoms with van der Waals surface area (Å²) < 4.78 is 27.6. The number of nitrogens with two attached hydrogens (primary N) is 1. The Kier molecular flexibility index (Phi) is 5.26. The Balaban J connectivity index is 1.79. The summed E-state index contributed by atoms with van der Waals surface area (Å²) in [5.41, 5.74) is 6.76. The first kappa shape index (κ1) is 18.1. The van der Waals surface area contributed by atoms with Gasteiger partial charge in [-0.1, -0.05) is 29.3 Å². The van der Waals surface area contributed by atoms with Gasteiger partial charge in [-0.05, 0) is 35.9 Å². The van der Waals surface area contributed by atoms with Crippen LogP contribution < -0.4 is 10.5 Å². The van der Waals surface area contributed by atoms with Crippen LogP contribution in [-0.4, -0.2) is 18.4 Å². The average Bonchev–Trinajstić information content (AvgIpc) is 3.05. The van der Waals surface area contributed by atoms with E-state index in [4.69, 9.17) is 28.9 Å². The molecule has 0 amide bonds. The summed E-state index contributed by atoms with van der Waals surface area (Å²) in [6.07, 6.45) is 1.52. The second kappa shape index (κ2) is 7.27. The molecule has 0 unspecified atom stereocenters. The van der Waals surface area contributed by atoms with Crippen LogP contribution >= 0.6 is 34.5 Å². The van der Waals surface area contributed by atoms with E-state index in [1.165, 1.54) is 12.3 Å². The van der Waals surface area contributed by atoms with Gasteiger partial charge in [0.15, 0.2) is 0 Å². The Hall–Kier alpha value is -1.71. The number of hydrogen-bond donors (Lipinski definition) is 2. The Bertz CT molecular complexity index is 1020. The Morgan fingerprint density at radius 1 is 1.16 bits per heavy atom. The van der Waals surface area contributed by atoms with E-state index < -0.39 is 10.0 Å². The summed E-state index contributed by atoms with van der Waals surface area (Å²) >= 11 is 13.0. The molecule has 3 N–H and O–H groups in total. The molecule has 1 aromatic carbocycles. The van der Waals surface area contributed by atoms with Crippen molar-refractivity contribution in [3.8, 4) is 10.6 Å². The van der Waals surface area contributed by atoms with E-state index >= 15 is 0 Å². The van der Waals surface area contributed by atoms with Crippen LogP contribution in [0.2, 0.25) is 10.0 Å². The molecule has 3 rings (SSSR count). The number of anilines is 1. The van der Waals surface area contributed by atoms with Crippen LogP contribution in [-0.2, 0) is 16.6 Å². The van der Waals surface area contributed by atoms with Crippen LogP contribution in [0.1, 0.15) is 5.56 Å². The van der Waals surface area contributed by atoms with Crippen molar-refractivity contribution < 1.29 is 8.42 Å². The van der Waals surface area contributed by atoms with E-state index in [0.29, 0.717) is 26.2 Å². The molecule has 2 aromatic heterocycles. The third-order valence-corrected chi connectivity index (χ3v) is 6.83. The molecule has 130 valence electrons. The number of thiophene rings is 1. The van der Waals surface area contributed by atoms with Crippen molar-refractivity contribution in [1.82, 2.24) is 14.7 Å². The minimum absolute atomic E-state index is 0.0615. The Morgan fingerprint density at radius 2 is 1.96 bits per heavy atom. The lowest BCUT2D eigenvalue weighted by Gasteiger charge is -2.07. The van der Waals surface area contributed by atoms with Gasteiger partial charge in [-0.3, -0.25) is 0 Å². The minimum Gasteiger partial charge on any atom is -0.368 e. The molecule has 10 heteroatoms. The van der Waals surface area contributed by atoms with E-state index in [-0.39, 0.29) is 16.7 Å². The highest BCUT2D eigenvalue weighted by atomic mass is 35.5. The van der Waals surface area contributed by atoms with Crippen LogP contribution in [0.4, 0.5) is 5.95 Å². The zero-order chi connectivity index (χ0) is 18.0. The van der Waals surface area contributed by atoms with Crippen LogP contribution in [0.25, 0.3) is 10.6 Å². The van der Waals surface area contributed by atoms with Gasteiger partial charge in [-0.15, -0.1) is 11.3 Å². The molecular formula is C15H12Cl2N4O2S2. The lowest BCUT2D eigenvalue weighted by atomic mass is 10.2. The molecule has 0 aliphatic heterocycles. The molecule has 0 bridgehead atoms. The zero-order valence-electron chi connectivity index (χ0n) is 12.6. The molecule has 0 saturated heterocycles. The predicted molar refractivity (Wildman–Crippen MR) is 100 cm³/mol. The molecule has 0 aliphatic rings. The first-order valence-electron chi connectivity index (χ1n) is 6.97. The van der Waals surface area contributed by atoms with Gasteiger partial charge < -0.3 is 5.73 Å². The molecule has 0 aliphatic carbocycles. The Morgan fingerprint density at radius 3 is 2.68 bits per heavy atom. The summed E-state index contributed by atoms with van der Waals surface area (Å²) in [6, 6.07) is 9.76. The molecule has 3 aromatic rings. The molecule has 25 heavy (non-hydrogen) atoms. The normalized spacial score (nSPS) is 11.6. The maximum Gasteiger partial charge on any atom is 0.250 e. The SMILES string of the molecule is Nc1nccc(-c2ccc(S(=O)(=O)NCc3ccc(Cl)cc3Cl)s2)n1. The number of sulfonamides is 1. The summed E-state index contributed by atoms with van der Waals surface area (Å²) in [5, 5.41) is 0.891. The number of rotatable bonds is 5. The number of nitrogen functional groups attached to an aromatic ring is 1. The van der Waals surface area contributed by atoms with Crippen LogP contribution in [0.5, 0.6) is 0 Å². The highest BCUT2D eigenvalue weighted by Gasteiger charge is 2.18. The maximum atomic E-state index is 12.5. The van der Waals surface area contributed by atoms with Gasteiger partial charge in [0.2, 0.25) is 16.0 Å². The summed E-state index contributed by atoms with van der Waals surface area (Å²) in [7, 11) is -3.68. The van der Waals surface area contributed by atoms with E-state index in [2.05, 4.69) is 14.7 Å². The first-order valence-corrected chi connectivity index (χ1v) is 10.0. The van der Waals surface area contributed by atoms with Gasteiger partial charge >= 0.3 is 0 Å². The lowest BCUT2D eigenvalue weighted by Crippen LogP contribution is -2.22. The average molecular weight is 415 g/mol. The fraction of sp³-hybridized carbons (Fsp3) is 0.0667. The maximum absolute atomic E-state index is 12.5. The fourth-order valence-electron chi connectivity index (χ4n) is 2.02. The van der Waals surface area contributed by atoms with Crippen molar-refractivity contribution in [2.45, 2.75) is 10.8 Å². The monoisotopic (exact) mass is 414 g/mol. The quantitative estimate of drug-likeness (QED) is 0.664. The molecule has 0 radical (unpaired) electrons. The predicted octanol–water partition coefficient (Wildman–Crippen LogP) is 3.57. The largest absolute Gasteiger partial charge is 0.368 e. The van der Waals surface area contributed by atoms with Crippen molar-refractivity contribution >= 4 is 50.5 Å². The number of hydrogen-bond acceptors (Lipinski definition) is 6. The summed E-state index contributed by atoms with van der Waals surface area (Å²) in [4.78, 5) is 8.58.